The van der Waals surface area contributed by atoms with E-state index in [0.29, 0.717) is 12.5 Å². The van der Waals surface area contributed by atoms with E-state index in [0.717, 1.165) is 12.8 Å². The summed E-state index contributed by atoms with van der Waals surface area (Å²) in [5, 5.41) is 0. The van der Waals surface area contributed by atoms with Crippen LogP contribution in [0.1, 0.15) is 30.1 Å². The van der Waals surface area contributed by atoms with Crippen molar-refractivity contribution in [2.24, 2.45) is 0 Å². The lowest BCUT2D eigenvalue weighted by molar-refractivity contribution is 0.0601. The van der Waals surface area contributed by atoms with Gasteiger partial charge in [0.1, 0.15) is 0 Å². The SMILES string of the molecule is CCCCOc1cc(C(=O)OC)c(N)cn1. The van der Waals surface area contributed by atoms with Crippen LogP contribution in [0.5, 0.6) is 5.88 Å². The van der Waals surface area contributed by atoms with Gasteiger partial charge in [-0.25, -0.2) is 9.78 Å². The topological polar surface area (TPSA) is 74.4 Å². The molecule has 1 aromatic rings. The lowest BCUT2D eigenvalue weighted by Gasteiger charge is -2.07. The van der Waals surface area contributed by atoms with Crippen LogP contribution in [-0.4, -0.2) is 24.7 Å². The Morgan fingerprint density at radius 2 is 2.31 bits per heavy atom. The number of carbonyl (C=O) groups excluding carboxylic acids is 1. The number of anilines is 1. The van der Waals surface area contributed by atoms with Crippen molar-refractivity contribution in [1.29, 1.82) is 0 Å². The van der Waals surface area contributed by atoms with Gasteiger partial charge in [-0.15, -0.1) is 0 Å². The Bertz CT molecular complexity index is 366. The summed E-state index contributed by atoms with van der Waals surface area (Å²) in [6, 6.07) is 1.50. The number of rotatable bonds is 5. The number of ether oxygens (including phenoxy) is 2. The number of methoxy groups -OCH3 is 1. The molecular formula is C11H16N2O3. The number of aromatic nitrogens is 1. The first-order valence-corrected chi connectivity index (χ1v) is 5.15. The number of carbonyl (C=O) groups is 1. The van der Waals surface area contributed by atoms with E-state index in [4.69, 9.17) is 10.5 Å². The van der Waals surface area contributed by atoms with Crippen LogP contribution in [0.4, 0.5) is 5.69 Å². The Kier molecular flexibility index (Phi) is 4.57. The highest BCUT2D eigenvalue weighted by molar-refractivity contribution is 5.95. The Morgan fingerprint density at radius 3 is 2.94 bits per heavy atom. The molecule has 0 aliphatic carbocycles. The van der Waals surface area contributed by atoms with Gasteiger partial charge in [-0.05, 0) is 6.42 Å². The minimum Gasteiger partial charge on any atom is -0.478 e. The van der Waals surface area contributed by atoms with Gasteiger partial charge in [-0.3, -0.25) is 0 Å². The van der Waals surface area contributed by atoms with Crippen molar-refractivity contribution < 1.29 is 14.3 Å². The van der Waals surface area contributed by atoms with Gasteiger partial charge in [-0.1, -0.05) is 13.3 Å². The second kappa shape index (κ2) is 5.95. The molecule has 0 aliphatic rings. The molecule has 0 fully saturated rings. The number of nitrogens with zero attached hydrogens (tertiary/aromatic N) is 1. The van der Waals surface area contributed by atoms with Gasteiger partial charge in [0.2, 0.25) is 5.88 Å². The third-order valence-electron chi connectivity index (χ3n) is 2.06. The van der Waals surface area contributed by atoms with Crippen LogP contribution in [0.3, 0.4) is 0 Å². The van der Waals surface area contributed by atoms with Crippen molar-refractivity contribution in [3.63, 3.8) is 0 Å². The van der Waals surface area contributed by atoms with Crippen LogP contribution in [0, 0.1) is 0 Å². The van der Waals surface area contributed by atoms with Crippen LogP contribution in [0.15, 0.2) is 12.3 Å². The highest BCUT2D eigenvalue weighted by Crippen LogP contribution is 2.17. The van der Waals surface area contributed by atoms with E-state index in [9.17, 15) is 4.79 Å². The Morgan fingerprint density at radius 1 is 1.56 bits per heavy atom. The van der Waals surface area contributed by atoms with Crippen LogP contribution in [0.2, 0.25) is 0 Å². The Labute approximate surface area is 94.6 Å². The van der Waals surface area contributed by atoms with Gasteiger partial charge in [-0.2, -0.15) is 0 Å². The van der Waals surface area contributed by atoms with E-state index in [1.54, 1.807) is 0 Å². The van der Waals surface area contributed by atoms with E-state index in [-0.39, 0.29) is 11.3 Å². The Hall–Kier alpha value is -1.78. The van der Waals surface area contributed by atoms with Gasteiger partial charge in [0, 0.05) is 6.07 Å². The lowest BCUT2D eigenvalue weighted by Crippen LogP contribution is -2.07. The fourth-order valence-corrected chi connectivity index (χ4v) is 1.13. The van der Waals surface area contributed by atoms with Gasteiger partial charge in [0.05, 0.1) is 31.2 Å². The average molecular weight is 224 g/mol. The zero-order valence-electron chi connectivity index (χ0n) is 9.53. The first-order valence-electron chi connectivity index (χ1n) is 5.15. The zero-order valence-corrected chi connectivity index (χ0v) is 9.53. The predicted molar refractivity (Wildman–Crippen MR) is 60.4 cm³/mol. The molecule has 5 heteroatoms. The summed E-state index contributed by atoms with van der Waals surface area (Å²) in [5.41, 5.74) is 6.17. The molecular weight excluding hydrogens is 208 g/mol. The van der Waals surface area contributed by atoms with E-state index in [1.807, 2.05) is 0 Å². The first kappa shape index (κ1) is 12.3. The summed E-state index contributed by atoms with van der Waals surface area (Å²) >= 11 is 0. The average Bonchev–Trinajstić information content (AvgIpc) is 2.30. The fraction of sp³-hybridized carbons (Fsp3) is 0.455. The van der Waals surface area contributed by atoms with E-state index in [2.05, 4.69) is 16.6 Å². The standard InChI is InChI=1S/C11H16N2O3/c1-3-4-5-16-10-6-8(11(14)15-2)9(12)7-13-10/h6-7H,3-5,12H2,1-2H3. The molecule has 1 rings (SSSR count). The van der Waals surface area contributed by atoms with Gasteiger partial charge >= 0.3 is 5.97 Å². The second-order valence-corrected chi connectivity index (χ2v) is 3.30. The van der Waals surface area contributed by atoms with E-state index < -0.39 is 5.97 Å². The number of unbranched alkanes of at least 4 members (excludes halogenated alkanes) is 1. The summed E-state index contributed by atoms with van der Waals surface area (Å²) in [7, 11) is 1.31. The second-order valence-electron chi connectivity index (χ2n) is 3.30. The molecule has 0 radical (unpaired) electrons. The molecule has 1 aromatic heterocycles. The molecule has 0 atom stereocenters. The third-order valence-corrected chi connectivity index (χ3v) is 2.06. The molecule has 88 valence electrons. The molecule has 0 saturated carbocycles. The summed E-state index contributed by atoms with van der Waals surface area (Å²) in [4.78, 5) is 15.3. The fourth-order valence-electron chi connectivity index (χ4n) is 1.13. The van der Waals surface area contributed by atoms with Crippen LogP contribution in [-0.2, 0) is 4.74 Å². The number of hydrogen-bond acceptors (Lipinski definition) is 5. The predicted octanol–water partition coefficient (Wildman–Crippen LogP) is 1.63. The molecule has 0 saturated heterocycles. The van der Waals surface area contributed by atoms with Crippen molar-refractivity contribution in [2.75, 3.05) is 19.5 Å². The smallest absolute Gasteiger partial charge is 0.340 e. The highest BCUT2D eigenvalue weighted by atomic mass is 16.5. The van der Waals surface area contributed by atoms with Crippen molar-refractivity contribution in [2.45, 2.75) is 19.8 Å². The Balaban J connectivity index is 2.77. The molecule has 0 aliphatic heterocycles. The van der Waals surface area contributed by atoms with Gasteiger partial charge < -0.3 is 15.2 Å². The number of esters is 1. The normalized spacial score (nSPS) is 9.88. The van der Waals surface area contributed by atoms with Crippen LogP contribution < -0.4 is 10.5 Å². The molecule has 0 aromatic carbocycles. The van der Waals surface area contributed by atoms with E-state index in [1.165, 1.54) is 19.4 Å². The summed E-state index contributed by atoms with van der Waals surface area (Å²) in [5.74, 6) is -0.0942. The monoisotopic (exact) mass is 224 g/mol. The number of nitrogens with two attached hydrogens (primary N) is 1. The summed E-state index contributed by atoms with van der Waals surface area (Å²) < 4.78 is 9.96. The van der Waals surface area contributed by atoms with Crippen LogP contribution >= 0.6 is 0 Å². The molecule has 5 nitrogen and oxygen atoms in total. The van der Waals surface area contributed by atoms with Crippen molar-refractivity contribution in [1.82, 2.24) is 4.98 Å². The maximum Gasteiger partial charge on any atom is 0.340 e. The van der Waals surface area contributed by atoms with Crippen molar-refractivity contribution in [3.05, 3.63) is 17.8 Å². The summed E-state index contributed by atoms with van der Waals surface area (Å²) in [6.45, 7) is 2.65. The van der Waals surface area contributed by atoms with Gasteiger partial charge in [0.25, 0.3) is 0 Å². The quantitative estimate of drug-likeness (QED) is 0.607. The number of nitrogen functional groups attached to an aromatic ring is 1. The van der Waals surface area contributed by atoms with Crippen molar-refractivity contribution >= 4 is 11.7 Å². The number of pyridine rings is 1. The zero-order chi connectivity index (χ0) is 12.0. The molecule has 0 bridgehead atoms. The maximum absolute atomic E-state index is 11.3. The summed E-state index contributed by atoms with van der Waals surface area (Å²) in [6.07, 6.45) is 3.38. The minimum atomic E-state index is -0.486. The first-order chi connectivity index (χ1) is 7.69. The molecule has 1 heterocycles. The highest BCUT2D eigenvalue weighted by Gasteiger charge is 2.11. The molecule has 0 unspecified atom stereocenters. The number of hydrogen-bond donors (Lipinski definition) is 1. The maximum atomic E-state index is 11.3. The molecule has 16 heavy (non-hydrogen) atoms. The minimum absolute atomic E-state index is 0.281. The lowest BCUT2D eigenvalue weighted by atomic mass is 10.2. The van der Waals surface area contributed by atoms with Crippen LogP contribution in [0.25, 0.3) is 0 Å². The third kappa shape index (κ3) is 3.12. The van der Waals surface area contributed by atoms with Crippen molar-refractivity contribution in [3.8, 4) is 5.88 Å². The molecule has 0 spiro atoms. The van der Waals surface area contributed by atoms with Gasteiger partial charge in [0.15, 0.2) is 0 Å². The molecule has 2 N–H and O–H groups in total. The molecule has 0 amide bonds. The van der Waals surface area contributed by atoms with E-state index >= 15 is 0 Å². The largest absolute Gasteiger partial charge is 0.478 e.